The Balaban J connectivity index is 1.85. The maximum absolute atomic E-state index is 11.4. The quantitative estimate of drug-likeness (QED) is 0.411. The number of aliphatic hydroxyl groups is 1. The lowest BCUT2D eigenvalue weighted by molar-refractivity contribution is 0.0697. The first-order valence-electron chi connectivity index (χ1n) is 13.5. The van der Waals surface area contributed by atoms with Crippen molar-refractivity contribution in [3.63, 3.8) is 0 Å². The molecule has 0 spiro atoms. The van der Waals surface area contributed by atoms with Crippen molar-refractivity contribution in [2.75, 3.05) is 24.9 Å². The number of carboxylic acids is 1. The number of halogens is 1. The first-order chi connectivity index (χ1) is 18.1. The minimum absolute atomic E-state index is 0.107. The molecule has 0 aliphatic carbocycles. The second-order valence-corrected chi connectivity index (χ2v) is 6.17. The summed E-state index contributed by atoms with van der Waals surface area (Å²) in [6.07, 6.45) is -1.63. The van der Waals surface area contributed by atoms with Gasteiger partial charge < -0.3 is 20.8 Å². The lowest BCUT2D eigenvalue weighted by Gasteiger charge is -2.13. The third kappa shape index (κ3) is 6.06. The second-order valence-electron chi connectivity index (χ2n) is 5.79. The number of aromatic carboxylic acids is 1. The van der Waals surface area contributed by atoms with Crippen LogP contribution in [0.15, 0.2) is 72.6 Å². The number of aliphatic hydroxyl groups excluding tert-OH is 1. The van der Waals surface area contributed by atoms with Crippen molar-refractivity contribution < 1.29 is 28.7 Å². The molecule has 1 atom stereocenters. The van der Waals surface area contributed by atoms with Crippen LogP contribution in [0.4, 0.5) is 5.69 Å². The molecule has 150 valence electrons. The van der Waals surface area contributed by atoms with Gasteiger partial charge in [-0.25, -0.2) is 4.79 Å². The monoisotopic (exact) mass is 420 g/mol. The lowest BCUT2D eigenvalue weighted by Crippen LogP contribution is -2.26. The molecule has 0 amide bonds. The Morgan fingerprint density at radius 3 is 2.83 bits per heavy atom. The van der Waals surface area contributed by atoms with Gasteiger partial charge in [0.1, 0.15) is 0 Å². The van der Waals surface area contributed by atoms with E-state index in [0.717, 1.165) is 0 Å². The zero-order valence-electron chi connectivity index (χ0n) is 25.0. The van der Waals surface area contributed by atoms with Gasteiger partial charge in [0.2, 0.25) is 0 Å². The zero-order chi connectivity index (χ0) is 29.4. The fourth-order valence-electron chi connectivity index (χ4n) is 2.35. The third-order valence-corrected chi connectivity index (χ3v) is 3.93. The highest BCUT2D eigenvalue weighted by atomic mass is 35.5. The number of hydrogen-bond donors (Lipinski definition) is 4. The van der Waals surface area contributed by atoms with Crippen molar-refractivity contribution in [1.82, 2.24) is 5.32 Å². The van der Waals surface area contributed by atoms with Gasteiger partial charge in [-0.05, 0) is 53.0 Å². The molecule has 0 aromatic heterocycles. The maximum Gasteiger partial charge on any atom is 0.335 e. The van der Waals surface area contributed by atoms with Gasteiger partial charge in [0.25, 0.3) is 0 Å². The van der Waals surface area contributed by atoms with E-state index in [1.54, 1.807) is 0 Å². The van der Waals surface area contributed by atoms with E-state index in [4.69, 9.17) is 25.3 Å². The molecule has 3 aromatic carbocycles. The normalized spacial score (nSPS) is 17.2. The van der Waals surface area contributed by atoms with Crippen molar-refractivity contribution >= 4 is 23.3 Å². The molecular weight excluding hydrogens is 388 g/mol. The van der Waals surface area contributed by atoms with Gasteiger partial charge >= 0.3 is 5.97 Å². The Kier molecular flexibility index (Phi) is 3.94. The molecule has 3 rings (SSSR count). The van der Waals surface area contributed by atoms with Crippen molar-refractivity contribution in [3.8, 4) is 11.1 Å². The number of benzene rings is 3. The van der Waals surface area contributed by atoms with Gasteiger partial charge in [0.15, 0.2) is 0 Å². The summed E-state index contributed by atoms with van der Waals surface area (Å²) < 4.78 is 80.9. The summed E-state index contributed by atoms with van der Waals surface area (Å²) in [7, 11) is 0. The number of hydrogen-bond acceptors (Lipinski definition) is 4. The fraction of sp³-hybridized carbons (Fsp3) is 0.174. The largest absolute Gasteiger partial charge is 0.478 e. The summed E-state index contributed by atoms with van der Waals surface area (Å²) in [4.78, 5) is 11.4. The molecule has 0 bridgehead atoms. The second kappa shape index (κ2) is 10.1. The highest BCUT2D eigenvalue weighted by Crippen LogP contribution is 2.23. The molecular formula is C23H23ClN2O3. The van der Waals surface area contributed by atoms with Gasteiger partial charge in [0, 0.05) is 33.0 Å². The summed E-state index contributed by atoms with van der Waals surface area (Å²) in [6, 6.07) is 1.21. The number of carboxylic acid groups (broad SMARTS) is 1. The predicted molar refractivity (Wildman–Crippen MR) is 117 cm³/mol. The van der Waals surface area contributed by atoms with Gasteiger partial charge in [-0.1, -0.05) is 47.9 Å². The fourth-order valence-corrected chi connectivity index (χ4v) is 2.50. The molecule has 0 radical (unpaired) electrons. The highest BCUT2D eigenvalue weighted by Gasteiger charge is 2.07. The zero-order valence-corrected chi connectivity index (χ0v) is 15.7. The minimum atomic E-state index is -2.31. The van der Waals surface area contributed by atoms with Crippen LogP contribution in [0.5, 0.6) is 0 Å². The maximum atomic E-state index is 11.4. The molecule has 0 saturated carbocycles. The summed E-state index contributed by atoms with van der Waals surface area (Å²) in [5.74, 6) is -1.23. The Morgan fingerprint density at radius 2 is 2.00 bits per heavy atom. The summed E-state index contributed by atoms with van der Waals surface area (Å²) in [6.45, 7) is -3.41. The Morgan fingerprint density at radius 1 is 1.17 bits per heavy atom. The Bertz CT molecular complexity index is 1430. The molecule has 4 N–H and O–H groups in total. The molecule has 0 fully saturated rings. The molecule has 5 nitrogen and oxygen atoms in total. The molecule has 0 heterocycles. The molecule has 3 aromatic rings. The van der Waals surface area contributed by atoms with E-state index in [0.29, 0.717) is 0 Å². The molecule has 0 unspecified atom stereocenters. The van der Waals surface area contributed by atoms with Gasteiger partial charge in [-0.3, -0.25) is 0 Å². The average Bonchev–Trinajstić information content (AvgIpc) is 2.88. The van der Waals surface area contributed by atoms with Crippen LogP contribution in [0.3, 0.4) is 0 Å². The van der Waals surface area contributed by atoms with Crippen LogP contribution in [-0.4, -0.2) is 35.8 Å². The van der Waals surface area contributed by atoms with Crippen molar-refractivity contribution in [2.45, 2.75) is 6.10 Å². The third-order valence-electron chi connectivity index (χ3n) is 3.74. The molecule has 0 aliphatic heterocycles. The van der Waals surface area contributed by atoms with Gasteiger partial charge in [0.05, 0.1) is 22.6 Å². The lowest BCUT2D eigenvalue weighted by atomic mass is 10.0. The van der Waals surface area contributed by atoms with E-state index in [-0.39, 0.29) is 27.9 Å². The molecule has 0 saturated heterocycles. The van der Waals surface area contributed by atoms with Crippen LogP contribution in [0.2, 0.25) is 5.02 Å². The summed E-state index contributed by atoms with van der Waals surface area (Å²) in [5.41, 5.74) is -0.676. The molecule has 0 aliphatic rings. The van der Waals surface area contributed by atoms with Crippen molar-refractivity contribution in [3.05, 3.63) is 88.8 Å². The van der Waals surface area contributed by atoms with E-state index in [1.807, 2.05) is 0 Å². The highest BCUT2D eigenvalue weighted by molar-refractivity contribution is 6.30. The van der Waals surface area contributed by atoms with Crippen molar-refractivity contribution in [1.29, 1.82) is 0 Å². The Labute approximate surface area is 189 Å². The van der Waals surface area contributed by atoms with E-state index in [2.05, 4.69) is 10.6 Å². The smallest absolute Gasteiger partial charge is 0.335 e. The molecule has 6 heteroatoms. The first-order valence-corrected chi connectivity index (χ1v) is 8.83. The number of carbonyl (C=O) groups is 1. The average molecular weight is 421 g/mol. The van der Waals surface area contributed by atoms with E-state index >= 15 is 0 Å². The number of rotatable bonds is 9. The van der Waals surface area contributed by atoms with Crippen LogP contribution in [-0.2, 0) is 0 Å². The van der Waals surface area contributed by atoms with Crippen LogP contribution in [0, 0.1) is 0 Å². The minimum Gasteiger partial charge on any atom is -0.478 e. The van der Waals surface area contributed by atoms with Crippen LogP contribution in [0.1, 0.15) is 35.7 Å². The van der Waals surface area contributed by atoms with E-state index < -0.39 is 85.0 Å². The van der Waals surface area contributed by atoms with E-state index in [9.17, 15) is 15.0 Å². The summed E-state index contributed by atoms with van der Waals surface area (Å²) >= 11 is 5.86. The number of anilines is 1. The topological polar surface area (TPSA) is 81.6 Å². The van der Waals surface area contributed by atoms with Crippen LogP contribution >= 0.6 is 11.6 Å². The van der Waals surface area contributed by atoms with E-state index in [1.165, 1.54) is 24.3 Å². The van der Waals surface area contributed by atoms with Crippen molar-refractivity contribution in [2.24, 2.45) is 0 Å². The van der Waals surface area contributed by atoms with Crippen LogP contribution in [0.25, 0.3) is 11.1 Å². The predicted octanol–water partition coefficient (Wildman–Crippen LogP) is 4.44. The van der Waals surface area contributed by atoms with Gasteiger partial charge in [-0.15, -0.1) is 0 Å². The standard InChI is InChI=1S/C23H23ClN2O3/c24-20-8-2-6-18(13-20)22(27)15-25-10-11-26-21-9-3-5-17(14-21)16-4-1-7-19(12-16)23(28)29/h1-9,12-14,22,25-27H,10-11,15H2,(H,28,29)/t22-/m0/s1/i2D,3D,5D,6D,8D,9D,10D2,13D,14D. The summed E-state index contributed by atoms with van der Waals surface area (Å²) in [5, 5.41) is 24.3. The Hall–Kier alpha value is -2.86. The van der Waals surface area contributed by atoms with Crippen LogP contribution < -0.4 is 10.6 Å². The molecule has 29 heavy (non-hydrogen) atoms. The number of nitrogens with one attached hydrogen (secondary N) is 2. The SMILES string of the molecule is [2H]c1c([2H])c(NCC([2H])([2H])NC[C@H](O)c2c([2H])c([2H])c([2H])c(Cl)c2[2H])c([2H])c(-c2cccc(C(=O)O)c2)c1[2H]. The van der Waals surface area contributed by atoms with Gasteiger partial charge in [-0.2, -0.15) is 0 Å². The first kappa shape index (κ1) is 11.4.